The number of rotatable bonds is 7. The SMILES string of the molecule is CCOc1ccc(/C=C(\C#N)C(=O)OCC(=O)Nc2ccc(Cl)cc2)cc1. The molecule has 0 bridgehead atoms. The van der Waals surface area contributed by atoms with E-state index in [9.17, 15) is 9.59 Å². The molecule has 0 atom stereocenters. The Labute approximate surface area is 162 Å². The van der Waals surface area contributed by atoms with Crippen LogP contribution in [0.3, 0.4) is 0 Å². The van der Waals surface area contributed by atoms with Gasteiger partial charge in [0.15, 0.2) is 6.61 Å². The Kier molecular flexibility index (Phi) is 7.41. The van der Waals surface area contributed by atoms with Crippen LogP contribution >= 0.6 is 11.6 Å². The van der Waals surface area contributed by atoms with Crippen molar-refractivity contribution in [1.82, 2.24) is 0 Å². The molecule has 1 N–H and O–H groups in total. The van der Waals surface area contributed by atoms with E-state index >= 15 is 0 Å². The van der Waals surface area contributed by atoms with Crippen LogP contribution in [-0.4, -0.2) is 25.1 Å². The maximum Gasteiger partial charge on any atom is 0.349 e. The number of carbonyl (C=O) groups is 2. The molecule has 1 amide bonds. The number of amides is 1. The first-order chi connectivity index (χ1) is 13.0. The minimum atomic E-state index is -0.877. The molecule has 2 aromatic carbocycles. The zero-order valence-electron chi connectivity index (χ0n) is 14.6. The molecule has 2 rings (SSSR count). The molecule has 0 unspecified atom stereocenters. The minimum Gasteiger partial charge on any atom is -0.494 e. The van der Waals surface area contributed by atoms with Gasteiger partial charge < -0.3 is 14.8 Å². The van der Waals surface area contributed by atoms with Crippen molar-refractivity contribution in [3.05, 3.63) is 64.7 Å². The zero-order chi connectivity index (χ0) is 19.6. The lowest BCUT2D eigenvalue weighted by Crippen LogP contribution is -2.21. The minimum absolute atomic E-state index is 0.210. The smallest absolute Gasteiger partial charge is 0.349 e. The van der Waals surface area contributed by atoms with Crippen LogP contribution in [0.15, 0.2) is 54.1 Å². The molecule has 0 aliphatic carbocycles. The van der Waals surface area contributed by atoms with Gasteiger partial charge >= 0.3 is 5.97 Å². The number of anilines is 1. The highest BCUT2D eigenvalue weighted by molar-refractivity contribution is 6.30. The first-order valence-electron chi connectivity index (χ1n) is 8.09. The monoisotopic (exact) mass is 384 g/mol. The molecule has 0 saturated carbocycles. The van der Waals surface area contributed by atoms with Gasteiger partial charge in [-0.2, -0.15) is 5.26 Å². The highest BCUT2D eigenvalue weighted by atomic mass is 35.5. The number of hydrogen-bond donors (Lipinski definition) is 1. The molecule has 7 heteroatoms. The fraction of sp³-hybridized carbons (Fsp3) is 0.150. The van der Waals surface area contributed by atoms with E-state index in [-0.39, 0.29) is 5.57 Å². The van der Waals surface area contributed by atoms with E-state index in [2.05, 4.69) is 5.32 Å². The standard InChI is InChI=1S/C20H17ClN2O4/c1-2-26-18-9-3-14(4-10-18)11-15(12-22)20(25)27-13-19(24)23-17-7-5-16(21)6-8-17/h3-11H,2,13H2,1H3,(H,23,24)/b15-11+. The Hall–Kier alpha value is -3.30. The van der Waals surface area contributed by atoms with Crippen molar-refractivity contribution in [2.45, 2.75) is 6.92 Å². The van der Waals surface area contributed by atoms with Crippen LogP contribution in [0.25, 0.3) is 6.08 Å². The van der Waals surface area contributed by atoms with Gasteiger partial charge in [0.05, 0.1) is 6.61 Å². The van der Waals surface area contributed by atoms with Gasteiger partial charge in [0.25, 0.3) is 5.91 Å². The van der Waals surface area contributed by atoms with Gasteiger partial charge in [-0.15, -0.1) is 0 Å². The first-order valence-corrected chi connectivity index (χ1v) is 8.47. The van der Waals surface area contributed by atoms with Gasteiger partial charge in [-0.05, 0) is 55.0 Å². The Morgan fingerprint density at radius 2 is 1.81 bits per heavy atom. The van der Waals surface area contributed by atoms with Crippen LogP contribution in [0.4, 0.5) is 5.69 Å². The highest BCUT2D eigenvalue weighted by Crippen LogP contribution is 2.15. The predicted octanol–water partition coefficient (Wildman–Crippen LogP) is 3.83. The van der Waals surface area contributed by atoms with Gasteiger partial charge in [0.2, 0.25) is 0 Å². The van der Waals surface area contributed by atoms with Crippen molar-refractivity contribution in [3.8, 4) is 11.8 Å². The van der Waals surface area contributed by atoms with Gasteiger partial charge in [-0.1, -0.05) is 23.7 Å². The normalized spacial score (nSPS) is 10.6. The summed E-state index contributed by atoms with van der Waals surface area (Å²) >= 11 is 5.77. The average molecular weight is 385 g/mol. The van der Waals surface area contributed by atoms with Gasteiger partial charge in [-0.25, -0.2) is 4.79 Å². The van der Waals surface area contributed by atoms with E-state index in [1.807, 2.05) is 6.92 Å². The van der Waals surface area contributed by atoms with Crippen molar-refractivity contribution in [3.63, 3.8) is 0 Å². The predicted molar refractivity (Wildman–Crippen MR) is 102 cm³/mol. The molecule has 0 aliphatic heterocycles. The van der Waals surface area contributed by atoms with Gasteiger partial charge in [0, 0.05) is 10.7 Å². The van der Waals surface area contributed by atoms with Gasteiger partial charge in [0.1, 0.15) is 17.4 Å². The Balaban J connectivity index is 1.93. The largest absolute Gasteiger partial charge is 0.494 e. The van der Waals surface area contributed by atoms with E-state index in [0.29, 0.717) is 28.6 Å². The molecular formula is C20H17ClN2O4. The summed E-state index contributed by atoms with van der Waals surface area (Å²) in [6.45, 7) is 1.91. The van der Waals surface area contributed by atoms with E-state index in [1.165, 1.54) is 6.08 Å². The number of hydrogen-bond acceptors (Lipinski definition) is 5. The molecule has 2 aromatic rings. The van der Waals surface area contributed by atoms with E-state index in [4.69, 9.17) is 26.3 Å². The van der Waals surface area contributed by atoms with Crippen molar-refractivity contribution >= 4 is 35.2 Å². The first kappa shape index (κ1) is 20.0. The lowest BCUT2D eigenvalue weighted by Gasteiger charge is -2.06. The number of esters is 1. The Bertz CT molecular complexity index is 868. The lowest BCUT2D eigenvalue weighted by molar-refractivity contribution is -0.142. The molecule has 0 aliphatic rings. The summed E-state index contributed by atoms with van der Waals surface area (Å²) in [4.78, 5) is 23.8. The molecule has 0 fully saturated rings. The van der Waals surface area contributed by atoms with E-state index < -0.39 is 18.5 Å². The van der Waals surface area contributed by atoms with E-state index in [0.717, 1.165) is 0 Å². The quantitative estimate of drug-likeness (QED) is 0.445. The third kappa shape index (κ3) is 6.49. The fourth-order valence-electron chi connectivity index (χ4n) is 2.07. The zero-order valence-corrected chi connectivity index (χ0v) is 15.3. The number of halogens is 1. The fourth-order valence-corrected chi connectivity index (χ4v) is 2.20. The summed E-state index contributed by atoms with van der Waals surface area (Å²) in [6.07, 6.45) is 1.38. The highest BCUT2D eigenvalue weighted by Gasteiger charge is 2.13. The number of ether oxygens (including phenoxy) is 2. The second-order valence-electron chi connectivity index (χ2n) is 5.30. The number of nitriles is 1. The van der Waals surface area contributed by atoms with Crippen molar-refractivity contribution in [2.24, 2.45) is 0 Å². The van der Waals surface area contributed by atoms with Crippen LogP contribution in [0.5, 0.6) is 5.75 Å². The summed E-state index contributed by atoms with van der Waals surface area (Å²) in [5.74, 6) is -0.712. The number of benzene rings is 2. The lowest BCUT2D eigenvalue weighted by atomic mass is 10.1. The average Bonchev–Trinajstić information content (AvgIpc) is 2.67. The third-order valence-electron chi connectivity index (χ3n) is 3.30. The number of nitrogens with one attached hydrogen (secondary N) is 1. The second-order valence-corrected chi connectivity index (χ2v) is 5.74. The van der Waals surface area contributed by atoms with Gasteiger partial charge in [-0.3, -0.25) is 4.79 Å². The molecule has 0 spiro atoms. The van der Waals surface area contributed by atoms with Crippen LogP contribution in [0.1, 0.15) is 12.5 Å². The molecule has 0 aromatic heterocycles. The second kappa shape index (κ2) is 10.00. The Morgan fingerprint density at radius 1 is 1.15 bits per heavy atom. The molecule has 0 saturated heterocycles. The third-order valence-corrected chi connectivity index (χ3v) is 3.56. The van der Waals surface area contributed by atoms with Crippen LogP contribution in [0.2, 0.25) is 5.02 Å². The molecule has 138 valence electrons. The number of carbonyl (C=O) groups excluding carboxylic acids is 2. The summed E-state index contributed by atoms with van der Waals surface area (Å²) < 4.78 is 10.2. The van der Waals surface area contributed by atoms with Crippen LogP contribution < -0.4 is 10.1 Å². The molecular weight excluding hydrogens is 368 g/mol. The summed E-state index contributed by atoms with van der Waals surface area (Å²) in [5.41, 5.74) is 0.946. The van der Waals surface area contributed by atoms with Crippen molar-refractivity contribution in [2.75, 3.05) is 18.5 Å². The summed E-state index contributed by atoms with van der Waals surface area (Å²) in [5, 5.41) is 12.3. The number of nitrogens with zero attached hydrogens (tertiary/aromatic N) is 1. The van der Waals surface area contributed by atoms with Crippen LogP contribution in [-0.2, 0) is 14.3 Å². The molecule has 6 nitrogen and oxygen atoms in total. The van der Waals surface area contributed by atoms with Crippen molar-refractivity contribution < 1.29 is 19.1 Å². The summed E-state index contributed by atoms with van der Waals surface area (Å²) in [6, 6.07) is 15.1. The Morgan fingerprint density at radius 3 is 2.41 bits per heavy atom. The maximum absolute atomic E-state index is 12.0. The van der Waals surface area contributed by atoms with E-state index in [1.54, 1.807) is 54.6 Å². The maximum atomic E-state index is 12.0. The van der Waals surface area contributed by atoms with Crippen LogP contribution in [0, 0.1) is 11.3 Å². The van der Waals surface area contributed by atoms with Crippen molar-refractivity contribution in [1.29, 1.82) is 5.26 Å². The topological polar surface area (TPSA) is 88.4 Å². The molecule has 0 heterocycles. The molecule has 0 radical (unpaired) electrons. The molecule has 27 heavy (non-hydrogen) atoms. The summed E-state index contributed by atoms with van der Waals surface area (Å²) in [7, 11) is 0.